The first-order valence-corrected chi connectivity index (χ1v) is 13.5. The summed E-state index contributed by atoms with van der Waals surface area (Å²) in [6, 6.07) is 24.4. The molecule has 0 saturated heterocycles. The zero-order valence-corrected chi connectivity index (χ0v) is 22.9. The number of ether oxygens (including phenoxy) is 2. The summed E-state index contributed by atoms with van der Waals surface area (Å²) in [7, 11) is 0. The van der Waals surface area contributed by atoms with Gasteiger partial charge >= 0.3 is 11.9 Å². The fourth-order valence-corrected chi connectivity index (χ4v) is 5.44. The van der Waals surface area contributed by atoms with Crippen molar-refractivity contribution >= 4 is 45.9 Å². The lowest BCUT2D eigenvalue weighted by atomic mass is 9.83. The summed E-state index contributed by atoms with van der Waals surface area (Å²) in [4.78, 5) is 25.8. The Balaban J connectivity index is 1.43. The smallest absolute Gasteiger partial charge is 0.338 e. The second kappa shape index (κ2) is 10.8. The van der Waals surface area contributed by atoms with Gasteiger partial charge in [-0.3, -0.25) is 0 Å². The highest BCUT2D eigenvalue weighted by molar-refractivity contribution is 6.07. The van der Waals surface area contributed by atoms with Gasteiger partial charge in [-0.25, -0.2) is 9.59 Å². The predicted octanol–water partition coefficient (Wildman–Crippen LogP) is 7.86. The SMILES string of the molecule is C=CC(=O)OCc1ccc(N(C2=CCc3ccc4c5c(ccc2c35)CC=C4)c2ccc(OC(=O)C(=C)C)cc2)cc1. The zero-order chi connectivity index (χ0) is 28.5. The molecule has 202 valence electrons. The highest BCUT2D eigenvalue weighted by Gasteiger charge is 2.25. The molecule has 0 unspecified atom stereocenters. The zero-order valence-electron chi connectivity index (χ0n) is 22.9. The lowest BCUT2D eigenvalue weighted by Crippen LogP contribution is -2.18. The van der Waals surface area contributed by atoms with Crippen molar-refractivity contribution in [1.82, 2.24) is 0 Å². The maximum atomic E-state index is 12.1. The first kappa shape index (κ1) is 26.1. The third-order valence-corrected chi connectivity index (χ3v) is 7.43. The van der Waals surface area contributed by atoms with Crippen LogP contribution in [0, 0.1) is 0 Å². The second-order valence-electron chi connectivity index (χ2n) is 10.2. The van der Waals surface area contributed by atoms with Crippen LogP contribution in [0.3, 0.4) is 0 Å². The molecule has 5 heteroatoms. The van der Waals surface area contributed by atoms with E-state index in [-0.39, 0.29) is 6.61 Å². The van der Waals surface area contributed by atoms with Gasteiger partial charge in [0.25, 0.3) is 0 Å². The Morgan fingerprint density at radius 2 is 1.56 bits per heavy atom. The van der Waals surface area contributed by atoms with Crippen molar-refractivity contribution < 1.29 is 19.1 Å². The number of anilines is 2. The quantitative estimate of drug-likeness (QED) is 0.130. The molecule has 0 radical (unpaired) electrons. The third kappa shape index (κ3) is 4.98. The number of carbonyl (C=O) groups excluding carboxylic acids is 2. The van der Waals surface area contributed by atoms with E-state index in [0.717, 1.165) is 41.6 Å². The van der Waals surface area contributed by atoms with E-state index in [1.165, 1.54) is 33.0 Å². The summed E-state index contributed by atoms with van der Waals surface area (Å²) in [6.07, 6.45) is 9.61. The fraction of sp³-hybridized carbons (Fsp3) is 0.111. The molecular weight excluding hydrogens is 510 g/mol. The number of rotatable bonds is 8. The molecule has 41 heavy (non-hydrogen) atoms. The van der Waals surface area contributed by atoms with Crippen molar-refractivity contribution in [3.8, 4) is 5.75 Å². The van der Waals surface area contributed by atoms with Crippen LogP contribution < -0.4 is 9.64 Å². The molecule has 0 amide bonds. The number of benzene rings is 4. The van der Waals surface area contributed by atoms with Gasteiger partial charge in [-0.2, -0.15) is 0 Å². The number of hydrogen-bond donors (Lipinski definition) is 0. The second-order valence-corrected chi connectivity index (χ2v) is 10.2. The molecule has 0 heterocycles. The van der Waals surface area contributed by atoms with Crippen molar-refractivity contribution in [2.24, 2.45) is 0 Å². The molecule has 6 rings (SSSR count). The van der Waals surface area contributed by atoms with E-state index in [1.807, 2.05) is 36.4 Å². The minimum Gasteiger partial charge on any atom is -0.458 e. The first-order chi connectivity index (χ1) is 19.9. The number of hydrogen-bond acceptors (Lipinski definition) is 5. The number of carbonyl (C=O) groups is 2. The molecule has 0 bridgehead atoms. The molecule has 0 N–H and O–H groups in total. The van der Waals surface area contributed by atoms with Gasteiger partial charge in [0.15, 0.2) is 0 Å². The van der Waals surface area contributed by atoms with Crippen LogP contribution in [-0.2, 0) is 33.8 Å². The summed E-state index contributed by atoms with van der Waals surface area (Å²) >= 11 is 0. The molecule has 0 spiro atoms. The average molecular weight is 540 g/mol. The lowest BCUT2D eigenvalue weighted by molar-refractivity contribution is -0.139. The lowest BCUT2D eigenvalue weighted by Gasteiger charge is -2.32. The normalized spacial score (nSPS) is 12.9. The summed E-state index contributed by atoms with van der Waals surface area (Å²) in [6.45, 7) is 8.91. The van der Waals surface area contributed by atoms with E-state index in [4.69, 9.17) is 9.47 Å². The number of allylic oxidation sites excluding steroid dienone is 2. The van der Waals surface area contributed by atoms with Crippen LogP contribution in [0.25, 0.3) is 22.5 Å². The monoisotopic (exact) mass is 539 g/mol. The number of esters is 2. The molecule has 0 atom stereocenters. The summed E-state index contributed by atoms with van der Waals surface area (Å²) in [5.74, 6) is -0.457. The molecule has 0 aromatic heterocycles. The summed E-state index contributed by atoms with van der Waals surface area (Å²) < 4.78 is 10.7. The van der Waals surface area contributed by atoms with Crippen LogP contribution in [0.15, 0.2) is 110 Å². The van der Waals surface area contributed by atoms with Gasteiger partial charge in [0, 0.05) is 28.6 Å². The van der Waals surface area contributed by atoms with E-state index in [2.05, 4.69) is 60.6 Å². The minimum absolute atomic E-state index is 0.169. The van der Waals surface area contributed by atoms with E-state index in [0.29, 0.717) is 11.3 Å². The summed E-state index contributed by atoms with van der Waals surface area (Å²) in [5, 5.41) is 2.63. The van der Waals surface area contributed by atoms with Gasteiger partial charge in [0.2, 0.25) is 0 Å². The predicted molar refractivity (Wildman–Crippen MR) is 164 cm³/mol. The van der Waals surface area contributed by atoms with Crippen molar-refractivity contribution in [1.29, 1.82) is 0 Å². The van der Waals surface area contributed by atoms with E-state index in [9.17, 15) is 9.59 Å². The van der Waals surface area contributed by atoms with Crippen LogP contribution in [-0.4, -0.2) is 11.9 Å². The van der Waals surface area contributed by atoms with Crippen LogP contribution >= 0.6 is 0 Å². The van der Waals surface area contributed by atoms with Gasteiger partial charge in [0.1, 0.15) is 12.4 Å². The van der Waals surface area contributed by atoms with Crippen molar-refractivity contribution in [2.45, 2.75) is 26.4 Å². The van der Waals surface area contributed by atoms with Crippen molar-refractivity contribution in [3.05, 3.63) is 138 Å². The Morgan fingerprint density at radius 3 is 2.27 bits per heavy atom. The maximum absolute atomic E-state index is 12.1. The van der Waals surface area contributed by atoms with Crippen LogP contribution in [0.4, 0.5) is 11.4 Å². The molecule has 4 aromatic carbocycles. The average Bonchev–Trinajstić information content (AvgIpc) is 3.00. The van der Waals surface area contributed by atoms with E-state index >= 15 is 0 Å². The highest BCUT2D eigenvalue weighted by Crippen LogP contribution is 2.44. The maximum Gasteiger partial charge on any atom is 0.338 e. The van der Waals surface area contributed by atoms with E-state index < -0.39 is 11.9 Å². The first-order valence-electron chi connectivity index (χ1n) is 13.5. The fourth-order valence-electron chi connectivity index (χ4n) is 5.44. The van der Waals surface area contributed by atoms with Gasteiger partial charge in [-0.1, -0.05) is 67.8 Å². The minimum atomic E-state index is -0.456. The van der Waals surface area contributed by atoms with Crippen LogP contribution in [0.1, 0.15) is 34.7 Å². The Hall–Kier alpha value is -5.16. The van der Waals surface area contributed by atoms with Gasteiger partial charge in [0.05, 0.1) is 5.70 Å². The largest absolute Gasteiger partial charge is 0.458 e. The highest BCUT2D eigenvalue weighted by atomic mass is 16.5. The molecule has 2 aliphatic rings. The van der Waals surface area contributed by atoms with Crippen LogP contribution in [0.2, 0.25) is 0 Å². The standard InChI is InChI=1S/C36H29NO4/c1-4-33(38)40-22-24-8-14-28(15-9-24)37(29-16-18-30(19-17-29)41-36(39)23(2)3)32-21-13-27-11-10-25-6-5-7-26-12-20-31(32)35(27)34(25)26/h4-6,8-12,14-21H,1-2,7,13,22H2,3H3. The molecule has 2 aliphatic carbocycles. The Bertz CT molecular complexity index is 1780. The molecule has 0 aliphatic heterocycles. The number of nitrogens with zero attached hydrogens (tertiary/aromatic N) is 1. The third-order valence-electron chi connectivity index (χ3n) is 7.43. The van der Waals surface area contributed by atoms with Gasteiger partial charge in [-0.05, 0) is 89.2 Å². The molecule has 5 nitrogen and oxygen atoms in total. The van der Waals surface area contributed by atoms with Gasteiger partial charge < -0.3 is 14.4 Å². The Morgan fingerprint density at radius 1 is 0.878 bits per heavy atom. The molecule has 0 fully saturated rings. The Labute approximate surface area is 239 Å². The molecular formula is C36H29NO4. The van der Waals surface area contributed by atoms with Crippen molar-refractivity contribution in [2.75, 3.05) is 4.90 Å². The van der Waals surface area contributed by atoms with Crippen LogP contribution in [0.5, 0.6) is 5.75 Å². The molecule has 0 saturated carbocycles. The Kier molecular flexibility index (Phi) is 6.86. The van der Waals surface area contributed by atoms with E-state index in [1.54, 1.807) is 19.1 Å². The summed E-state index contributed by atoms with van der Waals surface area (Å²) in [5.41, 5.74) is 9.25. The van der Waals surface area contributed by atoms with Crippen molar-refractivity contribution in [3.63, 3.8) is 0 Å². The topological polar surface area (TPSA) is 55.8 Å². The van der Waals surface area contributed by atoms with Gasteiger partial charge in [-0.15, -0.1) is 0 Å². The molecule has 4 aromatic rings.